The molecule has 0 radical (unpaired) electrons. The van der Waals surface area contributed by atoms with Gasteiger partial charge in [-0.25, -0.2) is 4.98 Å². The molecular formula is C24H31N3O3S. The van der Waals surface area contributed by atoms with Gasteiger partial charge in [0.05, 0.1) is 20.6 Å². The normalized spacial score (nSPS) is 11.2. The molecule has 0 aliphatic carbocycles. The lowest BCUT2D eigenvalue weighted by Gasteiger charge is -2.23. The van der Waals surface area contributed by atoms with E-state index in [0.29, 0.717) is 29.4 Å². The molecule has 7 heteroatoms. The van der Waals surface area contributed by atoms with Crippen molar-refractivity contribution in [1.29, 1.82) is 0 Å². The van der Waals surface area contributed by atoms with Gasteiger partial charge in [-0.05, 0) is 63.7 Å². The quantitative estimate of drug-likeness (QED) is 0.519. The largest absolute Gasteiger partial charge is 0.495 e. The second-order valence-electron chi connectivity index (χ2n) is 8.05. The molecule has 0 unspecified atom stereocenters. The van der Waals surface area contributed by atoms with Crippen molar-refractivity contribution >= 4 is 32.6 Å². The molecule has 0 N–H and O–H groups in total. The summed E-state index contributed by atoms with van der Waals surface area (Å²) in [6.45, 7) is 7.51. The van der Waals surface area contributed by atoms with Crippen LogP contribution in [0, 0.1) is 20.8 Å². The minimum Gasteiger partial charge on any atom is -0.495 e. The highest BCUT2D eigenvalue weighted by atomic mass is 32.1. The molecule has 0 aliphatic rings. The van der Waals surface area contributed by atoms with Gasteiger partial charge < -0.3 is 14.4 Å². The maximum atomic E-state index is 13.5. The van der Waals surface area contributed by atoms with Crippen LogP contribution in [0.2, 0.25) is 0 Å². The number of carbonyl (C=O) groups excluding carboxylic acids is 1. The van der Waals surface area contributed by atoms with Gasteiger partial charge in [-0.3, -0.25) is 9.69 Å². The van der Waals surface area contributed by atoms with Crippen molar-refractivity contribution in [3.8, 4) is 11.5 Å². The molecule has 3 aromatic rings. The number of nitrogens with zero attached hydrogens (tertiary/aromatic N) is 3. The number of methoxy groups -OCH3 is 2. The maximum Gasteiger partial charge on any atom is 0.233 e. The molecule has 0 saturated carbocycles. The molecule has 3 rings (SSSR count). The number of amides is 1. The Balaban J connectivity index is 2.02. The fourth-order valence-electron chi connectivity index (χ4n) is 3.75. The smallest absolute Gasteiger partial charge is 0.233 e. The third-order valence-electron chi connectivity index (χ3n) is 5.37. The first kappa shape index (κ1) is 23.0. The fourth-order valence-corrected chi connectivity index (χ4v) is 4.87. The molecule has 0 atom stereocenters. The number of ether oxygens (including phenoxy) is 2. The summed E-state index contributed by atoms with van der Waals surface area (Å²) in [5.74, 6) is 1.43. The van der Waals surface area contributed by atoms with E-state index in [0.717, 1.165) is 33.7 Å². The van der Waals surface area contributed by atoms with E-state index in [2.05, 4.69) is 37.8 Å². The lowest BCUT2D eigenvalue weighted by molar-refractivity contribution is -0.118. The van der Waals surface area contributed by atoms with Crippen molar-refractivity contribution in [2.24, 2.45) is 0 Å². The Bertz CT molecular complexity index is 1030. The topological polar surface area (TPSA) is 54.9 Å². The minimum absolute atomic E-state index is 0.0360. The maximum absolute atomic E-state index is 13.5. The lowest BCUT2D eigenvalue weighted by atomic mass is 9.97. The molecule has 1 amide bonds. The average Bonchev–Trinajstić information content (AvgIpc) is 3.14. The number of aryl methyl sites for hydroxylation is 3. The molecule has 0 spiro atoms. The summed E-state index contributed by atoms with van der Waals surface area (Å²) in [4.78, 5) is 22.2. The standard InChI is InChI=1S/C24H31N3O3S/c1-15-12-16(2)18(17(3)13-15)14-21(28)27(11-10-26(4)5)24-25-22-19(29-6)8-9-20(30-7)23(22)31-24/h8-9,12-13H,10-11,14H2,1-7H3. The van der Waals surface area contributed by atoms with E-state index < -0.39 is 0 Å². The van der Waals surface area contributed by atoms with E-state index in [4.69, 9.17) is 14.5 Å². The zero-order valence-corrected chi connectivity index (χ0v) is 20.2. The summed E-state index contributed by atoms with van der Waals surface area (Å²) in [6, 6.07) is 7.98. The highest BCUT2D eigenvalue weighted by Crippen LogP contribution is 2.40. The van der Waals surface area contributed by atoms with Crippen molar-refractivity contribution in [2.45, 2.75) is 27.2 Å². The molecule has 31 heavy (non-hydrogen) atoms. The van der Waals surface area contributed by atoms with Crippen LogP contribution in [0.3, 0.4) is 0 Å². The minimum atomic E-state index is 0.0360. The van der Waals surface area contributed by atoms with Gasteiger partial charge in [-0.1, -0.05) is 29.0 Å². The van der Waals surface area contributed by atoms with Crippen LogP contribution in [0.5, 0.6) is 11.5 Å². The Morgan fingerprint density at radius 1 is 1.00 bits per heavy atom. The number of anilines is 1. The van der Waals surface area contributed by atoms with Gasteiger partial charge in [0, 0.05) is 13.1 Å². The van der Waals surface area contributed by atoms with E-state index in [1.165, 1.54) is 16.9 Å². The SMILES string of the molecule is COc1ccc(OC)c2sc(N(CCN(C)C)C(=O)Cc3c(C)cc(C)cc3C)nc12. The van der Waals surface area contributed by atoms with Crippen molar-refractivity contribution < 1.29 is 14.3 Å². The van der Waals surface area contributed by atoms with E-state index in [1.54, 1.807) is 19.1 Å². The molecule has 0 fully saturated rings. The first-order valence-electron chi connectivity index (χ1n) is 10.3. The molecule has 1 aromatic heterocycles. The van der Waals surface area contributed by atoms with E-state index in [1.807, 2.05) is 26.2 Å². The molecule has 2 aromatic carbocycles. The number of hydrogen-bond donors (Lipinski definition) is 0. The molecule has 0 bridgehead atoms. The molecule has 0 saturated heterocycles. The van der Waals surface area contributed by atoms with Gasteiger partial charge in [0.1, 0.15) is 21.7 Å². The first-order chi connectivity index (χ1) is 14.7. The Morgan fingerprint density at radius 3 is 2.19 bits per heavy atom. The third-order valence-corrected chi connectivity index (χ3v) is 6.46. The molecule has 0 aliphatic heterocycles. The highest BCUT2D eigenvalue weighted by molar-refractivity contribution is 7.22. The van der Waals surface area contributed by atoms with Crippen LogP contribution in [-0.4, -0.2) is 57.2 Å². The van der Waals surface area contributed by atoms with Gasteiger partial charge in [-0.15, -0.1) is 0 Å². The molecule has 166 valence electrons. The van der Waals surface area contributed by atoms with Crippen LogP contribution in [-0.2, 0) is 11.2 Å². The Kier molecular flexibility index (Phi) is 7.18. The van der Waals surface area contributed by atoms with Crippen molar-refractivity contribution in [2.75, 3.05) is 46.3 Å². The van der Waals surface area contributed by atoms with Crippen LogP contribution in [0.15, 0.2) is 24.3 Å². The van der Waals surface area contributed by atoms with Crippen molar-refractivity contribution in [3.05, 3.63) is 46.5 Å². The fraction of sp³-hybridized carbons (Fsp3) is 0.417. The summed E-state index contributed by atoms with van der Waals surface area (Å²) in [5, 5.41) is 0.659. The Labute approximate surface area is 188 Å². The second kappa shape index (κ2) is 9.66. The predicted octanol–water partition coefficient (Wildman–Crippen LogP) is 4.38. The summed E-state index contributed by atoms with van der Waals surface area (Å²) in [7, 11) is 7.26. The Hall–Kier alpha value is -2.64. The summed E-state index contributed by atoms with van der Waals surface area (Å²) >= 11 is 1.46. The van der Waals surface area contributed by atoms with Crippen LogP contribution >= 0.6 is 11.3 Å². The van der Waals surface area contributed by atoms with Crippen LogP contribution in [0.1, 0.15) is 22.3 Å². The lowest BCUT2D eigenvalue weighted by Crippen LogP contribution is -2.37. The average molecular weight is 442 g/mol. The number of hydrogen-bond acceptors (Lipinski definition) is 6. The van der Waals surface area contributed by atoms with Gasteiger partial charge >= 0.3 is 0 Å². The number of benzene rings is 2. The van der Waals surface area contributed by atoms with Crippen LogP contribution in [0.4, 0.5) is 5.13 Å². The summed E-state index contributed by atoms with van der Waals surface area (Å²) < 4.78 is 11.9. The van der Waals surface area contributed by atoms with Gasteiger partial charge in [0.25, 0.3) is 0 Å². The predicted molar refractivity (Wildman–Crippen MR) is 128 cm³/mol. The number of likely N-dealkylation sites (N-methyl/N-ethyl adjacent to an activating group) is 1. The molecule has 6 nitrogen and oxygen atoms in total. The van der Waals surface area contributed by atoms with Crippen LogP contribution in [0.25, 0.3) is 10.2 Å². The molecule has 1 heterocycles. The number of fused-ring (bicyclic) bond motifs is 1. The van der Waals surface area contributed by atoms with Crippen LogP contribution < -0.4 is 14.4 Å². The molecular weight excluding hydrogens is 410 g/mol. The van der Waals surface area contributed by atoms with E-state index >= 15 is 0 Å². The highest BCUT2D eigenvalue weighted by Gasteiger charge is 2.23. The number of carbonyl (C=O) groups is 1. The first-order valence-corrected chi connectivity index (χ1v) is 11.1. The van der Waals surface area contributed by atoms with E-state index in [-0.39, 0.29) is 5.91 Å². The second-order valence-corrected chi connectivity index (χ2v) is 9.02. The zero-order chi connectivity index (χ0) is 22.7. The monoisotopic (exact) mass is 441 g/mol. The summed E-state index contributed by atoms with van der Waals surface area (Å²) in [6.07, 6.45) is 0.343. The summed E-state index contributed by atoms with van der Waals surface area (Å²) in [5.41, 5.74) is 5.30. The van der Waals surface area contributed by atoms with E-state index in [9.17, 15) is 4.79 Å². The zero-order valence-electron chi connectivity index (χ0n) is 19.4. The van der Waals surface area contributed by atoms with Crippen molar-refractivity contribution in [3.63, 3.8) is 0 Å². The Morgan fingerprint density at radius 2 is 1.61 bits per heavy atom. The number of aromatic nitrogens is 1. The number of thiazole rings is 1. The third kappa shape index (κ3) is 4.99. The van der Waals surface area contributed by atoms with Gasteiger partial charge in [-0.2, -0.15) is 0 Å². The van der Waals surface area contributed by atoms with Crippen molar-refractivity contribution in [1.82, 2.24) is 9.88 Å². The number of rotatable bonds is 8. The van der Waals surface area contributed by atoms with Gasteiger partial charge in [0.2, 0.25) is 5.91 Å². The van der Waals surface area contributed by atoms with Gasteiger partial charge in [0.15, 0.2) is 5.13 Å².